The molecule has 2 N–H and O–H groups in total. The van der Waals surface area contributed by atoms with Crippen LogP contribution in [0.1, 0.15) is 25.3 Å². The molecule has 0 saturated carbocycles. The Balaban J connectivity index is 2.32. The van der Waals surface area contributed by atoms with E-state index < -0.39 is 0 Å². The summed E-state index contributed by atoms with van der Waals surface area (Å²) in [5.74, 6) is 1.04. The van der Waals surface area contributed by atoms with Crippen molar-refractivity contribution in [2.75, 3.05) is 17.7 Å². The molecule has 1 aromatic rings. The lowest BCUT2D eigenvalue weighted by Gasteiger charge is -2.22. The SMILES string of the molecule is CC(C)C(CO)c1ccc2c(c1)NC(=O)CS2. The smallest absolute Gasteiger partial charge is 0.234 e. The maximum absolute atomic E-state index is 11.3. The molecular formula is C13H17NO2S. The van der Waals surface area contributed by atoms with Crippen molar-refractivity contribution in [1.29, 1.82) is 0 Å². The lowest BCUT2D eigenvalue weighted by Crippen LogP contribution is -2.19. The van der Waals surface area contributed by atoms with Crippen LogP contribution in [-0.2, 0) is 4.79 Å². The van der Waals surface area contributed by atoms with E-state index in [1.807, 2.05) is 18.2 Å². The third-order valence-corrected chi connectivity index (χ3v) is 4.14. The predicted molar refractivity (Wildman–Crippen MR) is 70.5 cm³/mol. The van der Waals surface area contributed by atoms with Crippen molar-refractivity contribution < 1.29 is 9.90 Å². The second-order valence-corrected chi connectivity index (χ2v) is 5.64. The molecule has 0 fully saturated rings. The Morgan fingerprint density at radius 2 is 2.24 bits per heavy atom. The summed E-state index contributed by atoms with van der Waals surface area (Å²) in [6, 6.07) is 6.06. The Bertz CT molecular complexity index is 431. The van der Waals surface area contributed by atoms with Crippen molar-refractivity contribution in [3.8, 4) is 0 Å². The molecule has 1 aromatic carbocycles. The van der Waals surface area contributed by atoms with Crippen molar-refractivity contribution in [2.24, 2.45) is 5.92 Å². The minimum absolute atomic E-state index is 0.0461. The van der Waals surface area contributed by atoms with Crippen LogP contribution in [0.2, 0.25) is 0 Å². The van der Waals surface area contributed by atoms with E-state index in [9.17, 15) is 9.90 Å². The lowest BCUT2D eigenvalue weighted by molar-refractivity contribution is -0.113. The number of aliphatic hydroxyl groups is 1. The van der Waals surface area contributed by atoms with Gasteiger partial charge in [0.25, 0.3) is 0 Å². The Labute approximate surface area is 106 Å². The molecule has 1 aliphatic rings. The highest BCUT2D eigenvalue weighted by Gasteiger charge is 2.19. The number of rotatable bonds is 3. The molecule has 3 nitrogen and oxygen atoms in total. The van der Waals surface area contributed by atoms with Gasteiger partial charge in [0.15, 0.2) is 0 Å². The monoisotopic (exact) mass is 251 g/mol. The maximum Gasteiger partial charge on any atom is 0.234 e. The van der Waals surface area contributed by atoms with E-state index in [0.29, 0.717) is 11.7 Å². The van der Waals surface area contributed by atoms with Gasteiger partial charge in [-0.2, -0.15) is 0 Å². The first-order chi connectivity index (χ1) is 8.11. The van der Waals surface area contributed by atoms with Crippen molar-refractivity contribution in [1.82, 2.24) is 0 Å². The fourth-order valence-corrected chi connectivity index (χ4v) is 2.82. The molecule has 92 valence electrons. The van der Waals surface area contributed by atoms with Gasteiger partial charge in [-0.05, 0) is 23.6 Å². The molecule has 1 atom stereocenters. The summed E-state index contributed by atoms with van der Waals surface area (Å²) in [6.07, 6.45) is 0. The third kappa shape index (κ3) is 2.64. The summed E-state index contributed by atoms with van der Waals surface area (Å²) in [7, 11) is 0. The first kappa shape index (κ1) is 12.5. The number of fused-ring (bicyclic) bond motifs is 1. The van der Waals surface area contributed by atoms with Crippen LogP contribution in [0.25, 0.3) is 0 Å². The number of thioether (sulfide) groups is 1. The molecule has 1 amide bonds. The number of anilines is 1. The standard InChI is InChI=1S/C13H17NO2S/c1-8(2)10(6-15)9-3-4-12-11(5-9)14-13(16)7-17-12/h3-5,8,10,15H,6-7H2,1-2H3,(H,14,16). The fraction of sp³-hybridized carbons (Fsp3) is 0.462. The van der Waals surface area contributed by atoms with E-state index in [2.05, 4.69) is 19.2 Å². The average molecular weight is 251 g/mol. The van der Waals surface area contributed by atoms with Gasteiger partial charge >= 0.3 is 0 Å². The fourth-order valence-electron chi connectivity index (χ4n) is 2.03. The van der Waals surface area contributed by atoms with Gasteiger partial charge in [0.2, 0.25) is 5.91 Å². The Morgan fingerprint density at radius 3 is 2.88 bits per heavy atom. The number of hydrogen-bond acceptors (Lipinski definition) is 3. The minimum atomic E-state index is 0.0461. The maximum atomic E-state index is 11.3. The summed E-state index contributed by atoms with van der Waals surface area (Å²) in [5, 5.41) is 12.3. The van der Waals surface area contributed by atoms with Crippen LogP contribution in [0, 0.1) is 5.92 Å². The van der Waals surface area contributed by atoms with Crippen LogP contribution in [-0.4, -0.2) is 23.4 Å². The average Bonchev–Trinajstić information content (AvgIpc) is 2.29. The van der Waals surface area contributed by atoms with Crippen molar-refractivity contribution in [3.63, 3.8) is 0 Å². The van der Waals surface area contributed by atoms with Crippen molar-refractivity contribution >= 4 is 23.4 Å². The molecule has 4 heteroatoms. The van der Waals surface area contributed by atoms with E-state index in [4.69, 9.17) is 0 Å². The van der Waals surface area contributed by atoms with E-state index in [-0.39, 0.29) is 18.4 Å². The van der Waals surface area contributed by atoms with Gasteiger partial charge in [0.1, 0.15) is 0 Å². The van der Waals surface area contributed by atoms with E-state index >= 15 is 0 Å². The van der Waals surface area contributed by atoms with Crippen LogP contribution in [0.5, 0.6) is 0 Å². The van der Waals surface area contributed by atoms with Gasteiger partial charge in [-0.25, -0.2) is 0 Å². The van der Waals surface area contributed by atoms with Crippen LogP contribution in [0.3, 0.4) is 0 Å². The highest BCUT2D eigenvalue weighted by molar-refractivity contribution is 8.00. The number of nitrogens with one attached hydrogen (secondary N) is 1. The molecule has 2 rings (SSSR count). The molecule has 0 aliphatic carbocycles. The van der Waals surface area contributed by atoms with Crippen LogP contribution >= 0.6 is 11.8 Å². The molecule has 0 spiro atoms. The molecular weight excluding hydrogens is 234 g/mol. The number of carbonyl (C=O) groups excluding carboxylic acids is 1. The minimum Gasteiger partial charge on any atom is -0.396 e. The largest absolute Gasteiger partial charge is 0.396 e. The zero-order chi connectivity index (χ0) is 12.4. The molecule has 1 heterocycles. The number of carbonyl (C=O) groups is 1. The van der Waals surface area contributed by atoms with E-state index in [0.717, 1.165) is 16.1 Å². The van der Waals surface area contributed by atoms with Gasteiger partial charge in [-0.3, -0.25) is 4.79 Å². The van der Waals surface area contributed by atoms with E-state index in [1.165, 1.54) is 0 Å². The quantitative estimate of drug-likeness (QED) is 0.867. The third-order valence-electron chi connectivity index (χ3n) is 3.07. The topological polar surface area (TPSA) is 49.3 Å². The normalized spacial score (nSPS) is 16.6. The lowest BCUT2D eigenvalue weighted by atomic mass is 9.89. The Kier molecular flexibility index (Phi) is 3.74. The zero-order valence-electron chi connectivity index (χ0n) is 10.1. The predicted octanol–water partition coefficient (Wildman–Crippen LogP) is 2.46. The highest BCUT2D eigenvalue weighted by atomic mass is 32.2. The van der Waals surface area contributed by atoms with Crippen LogP contribution in [0.4, 0.5) is 5.69 Å². The van der Waals surface area contributed by atoms with Gasteiger partial charge in [-0.15, -0.1) is 11.8 Å². The number of aliphatic hydroxyl groups excluding tert-OH is 1. The Morgan fingerprint density at radius 1 is 1.47 bits per heavy atom. The second-order valence-electron chi connectivity index (χ2n) is 4.63. The summed E-state index contributed by atoms with van der Waals surface area (Å²) in [6.45, 7) is 4.32. The van der Waals surface area contributed by atoms with Gasteiger partial charge in [0.05, 0.1) is 18.0 Å². The van der Waals surface area contributed by atoms with E-state index in [1.54, 1.807) is 11.8 Å². The molecule has 17 heavy (non-hydrogen) atoms. The van der Waals surface area contributed by atoms with Gasteiger partial charge < -0.3 is 10.4 Å². The number of hydrogen-bond donors (Lipinski definition) is 2. The molecule has 1 unspecified atom stereocenters. The summed E-state index contributed by atoms with van der Waals surface area (Å²) >= 11 is 1.56. The summed E-state index contributed by atoms with van der Waals surface area (Å²) in [5.41, 5.74) is 1.96. The van der Waals surface area contributed by atoms with Crippen molar-refractivity contribution in [2.45, 2.75) is 24.7 Å². The Hall–Kier alpha value is -1.000. The zero-order valence-corrected chi connectivity index (χ0v) is 10.9. The first-order valence-corrected chi connectivity index (χ1v) is 6.78. The number of amides is 1. The molecule has 0 aromatic heterocycles. The van der Waals surface area contributed by atoms with Crippen LogP contribution in [0.15, 0.2) is 23.1 Å². The van der Waals surface area contributed by atoms with Crippen molar-refractivity contribution in [3.05, 3.63) is 23.8 Å². The van der Waals surface area contributed by atoms with Gasteiger partial charge in [-0.1, -0.05) is 19.9 Å². The first-order valence-electron chi connectivity index (χ1n) is 5.79. The molecule has 0 saturated heterocycles. The number of benzene rings is 1. The van der Waals surface area contributed by atoms with Gasteiger partial charge in [0, 0.05) is 10.8 Å². The molecule has 0 radical (unpaired) electrons. The highest BCUT2D eigenvalue weighted by Crippen LogP contribution is 2.35. The second kappa shape index (κ2) is 5.10. The van der Waals surface area contributed by atoms with Crippen LogP contribution < -0.4 is 5.32 Å². The molecule has 1 aliphatic heterocycles. The molecule has 0 bridgehead atoms. The summed E-state index contributed by atoms with van der Waals surface area (Å²) < 4.78 is 0. The summed E-state index contributed by atoms with van der Waals surface area (Å²) in [4.78, 5) is 12.4.